The molecule has 1 aromatic heterocycles. The highest BCUT2D eigenvalue weighted by molar-refractivity contribution is 7.26. The second kappa shape index (κ2) is 7.55. The topological polar surface area (TPSA) is 9.23 Å². The van der Waals surface area contributed by atoms with Crippen molar-refractivity contribution < 1.29 is 4.74 Å². The fourth-order valence-corrected chi connectivity index (χ4v) is 6.90. The van der Waals surface area contributed by atoms with E-state index in [2.05, 4.69) is 115 Å². The van der Waals surface area contributed by atoms with Crippen LogP contribution >= 0.6 is 11.3 Å². The minimum absolute atomic E-state index is 0.915. The zero-order valence-electron chi connectivity index (χ0n) is 19.4. The first kappa shape index (κ1) is 19.9. The third kappa shape index (κ3) is 2.82. The van der Waals surface area contributed by atoms with E-state index in [4.69, 9.17) is 4.74 Å². The molecule has 1 aliphatic rings. The molecule has 0 aliphatic carbocycles. The molecule has 0 bridgehead atoms. The van der Waals surface area contributed by atoms with E-state index in [1.807, 2.05) is 17.4 Å². The van der Waals surface area contributed by atoms with Crippen molar-refractivity contribution in [1.82, 2.24) is 0 Å². The maximum atomic E-state index is 6.27. The van der Waals surface area contributed by atoms with Gasteiger partial charge in [0.15, 0.2) is 0 Å². The lowest BCUT2D eigenvalue weighted by atomic mass is 9.88. The molecule has 1 aliphatic heterocycles. The highest BCUT2D eigenvalue weighted by Crippen LogP contribution is 2.49. The lowest BCUT2D eigenvalue weighted by Gasteiger charge is -2.22. The third-order valence-electron chi connectivity index (χ3n) is 7.27. The van der Waals surface area contributed by atoms with Gasteiger partial charge in [-0.1, -0.05) is 91.0 Å². The molecular weight excluding hydrogens is 456 g/mol. The van der Waals surface area contributed by atoms with Crippen LogP contribution in [0.1, 0.15) is 0 Å². The average molecular weight is 477 g/mol. The van der Waals surface area contributed by atoms with Gasteiger partial charge in [-0.15, -0.1) is 11.3 Å². The van der Waals surface area contributed by atoms with Gasteiger partial charge in [0.25, 0.3) is 0 Å². The molecule has 0 amide bonds. The van der Waals surface area contributed by atoms with Crippen molar-refractivity contribution in [3.8, 4) is 44.9 Å². The van der Waals surface area contributed by atoms with Crippen molar-refractivity contribution in [3.63, 3.8) is 0 Å². The number of hydrogen-bond donors (Lipinski definition) is 0. The van der Waals surface area contributed by atoms with E-state index >= 15 is 0 Å². The Balaban J connectivity index is 1.41. The quantitative estimate of drug-likeness (QED) is 0.241. The van der Waals surface area contributed by atoms with Crippen molar-refractivity contribution >= 4 is 42.3 Å². The van der Waals surface area contributed by atoms with Gasteiger partial charge in [-0.3, -0.25) is 0 Å². The van der Waals surface area contributed by atoms with Crippen molar-refractivity contribution in [1.29, 1.82) is 0 Å². The monoisotopic (exact) mass is 476 g/mol. The lowest BCUT2D eigenvalue weighted by Crippen LogP contribution is -1.97. The van der Waals surface area contributed by atoms with Gasteiger partial charge < -0.3 is 4.74 Å². The Morgan fingerprint density at radius 2 is 1.17 bits per heavy atom. The van der Waals surface area contributed by atoms with Gasteiger partial charge in [0.05, 0.1) is 0 Å². The number of para-hydroxylation sites is 1. The molecule has 0 saturated carbocycles. The van der Waals surface area contributed by atoms with E-state index in [9.17, 15) is 0 Å². The Labute approximate surface area is 212 Å². The van der Waals surface area contributed by atoms with Gasteiger partial charge in [-0.05, 0) is 58.0 Å². The minimum Gasteiger partial charge on any atom is -0.456 e. The molecule has 168 valence electrons. The summed E-state index contributed by atoms with van der Waals surface area (Å²) in [4.78, 5) is 0. The molecule has 8 rings (SSSR count). The van der Waals surface area contributed by atoms with Crippen LogP contribution in [0.4, 0.5) is 0 Å². The van der Waals surface area contributed by atoms with Gasteiger partial charge in [-0.25, -0.2) is 0 Å². The first-order valence-corrected chi connectivity index (χ1v) is 13.0. The molecule has 36 heavy (non-hydrogen) atoms. The van der Waals surface area contributed by atoms with E-state index in [1.165, 1.54) is 58.8 Å². The molecule has 6 aromatic carbocycles. The molecule has 0 N–H and O–H groups in total. The summed E-state index contributed by atoms with van der Waals surface area (Å²) < 4.78 is 8.94. The molecular formula is C34H20OS. The van der Waals surface area contributed by atoms with Gasteiger partial charge >= 0.3 is 0 Å². The summed E-state index contributed by atoms with van der Waals surface area (Å²) in [5, 5.41) is 5.04. The molecule has 0 unspecified atom stereocenters. The molecule has 0 atom stereocenters. The molecule has 0 spiro atoms. The largest absolute Gasteiger partial charge is 0.456 e. The normalized spacial score (nSPS) is 12.1. The standard InChI is InChI=1S/C34H20OS/c1-2-11-24(27-14-8-15-28-26-13-4-6-18-32(26)36-34(27)28)23(10-1)22-19-21-9-7-17-31-33(21)29(20-22)25-12-3-5-16-30(25)35-31/h1-20H. The van der Waals surface area contributed by atoms with Crippen LogP contribution in [-0.2, 0) is 0 Å². The van der Waals surface area contributed by atoms with Crippen LogP contribution in [0.2, 0.25) is 0 Å². The van der Waals surface area contributed by atoms with Gasteiger partial charge in [0.1, 0.15) is 11.5 Å². The fourth-order valence-electron chi connectivity index (χ4n) is 5.67. The Hall–Kier alpha value is -4.40. The Kier molecular flexibility index (Phi) is 4.16. The summed E-state index contributed by atoms with van der Waals surface area (Å²) in [6.45, 7) is 0. The van der Waals surface area contributed by atoms with Gasteiger partial charge in [-0.2, -0.15) is 0 Å². The number of ether oxygens (including phenoxy) is 1. The van der Waals surface area contributed by atoms with Gasteiger partial charge in [0.2, 0.25) is 0 Å². The Morgan fingerprint density at radius 1 is 0.472 bits per heavy atom. The second-order valence-electron chi connectivity index (χ2n) is 9.30. The molecule has 0 radical (unpaired) electrons. The van der Waals surface area contributed by atoms with Crippen LogP contribution in [0, 0.1) is 0 Å². The number of thiophene rings is 1. The van der Waals surface area contributed by atoms with Gasteiger partial charge in [0, 0.05) is 36.7 Å². The second-order valence-corrected chi connectivity index (χ2v) is 10.4. The minimum atomic E-state index is 0.915. The van der Waals surface area contributed by atoms with Crippen molar-refractivity contribution in [2.24, 2.45) is 0 Å². The van der Waals surface area contributed by atoms with Crippen molar-refractivity contribution in [2.75, 3.05) is 0 Å². The molecule has 0 fully saturated rings. The Bertz CT molecular complexity index is 1980. The van der Waals surface area contributed by atoms with E-state index in [0.29, 0.717) is 0 Å². The number of fused-ring (bicyclic) bond motifs is 5. The highest BCUT2D eigenvalue weighted by atomic mass is 32.1. The highest BCUT2D eigenvalue weighted by Gasteiger charge is 2.21. The number of benzene rings is 6. The first-order chi connectivity index (χ1) is 17.8. The molecule has 2 heteroatoms. The molecule has 2 heterocycles. The Morgan fingerprint density at radius 3 is 2.11 bits per heavy atom. The van der Waals surface area contributed by atoms with Crippen LogP contribution in [0.25, 0.3) is 64.3 Å². The van der Waals surface area contributed by atoms with Crippen LogP contribution in [0.15, 0.2) is 121 Å². The smallest absolute Gasteiger partial charge is 0.135 e. The molecule has 7 aromatic rings. The molecule has 0 saturated heterocycles. The van der Waals surface area contributed by atoms with E-state index in [-0.39, 0.29) is 0 Å². The van der Waals surface area contributed by atoms with Crippen LogP contribution < -0.4 is 4.74 Å². The van der Waals surface area contributed by atoms with E-state index < -0.39 is 0 Å². The SMILES string of the molecule is c1ccc2c(c1)Oc1cccc3cc(-c4ccccc4-c4cccc5c4sc4ccccc45)cc-2c13. The summed E-state index contributed by atoms with van der Waals surface area (Å²) in [6.07, 6.45) is 0. The van der Waals surface area contributed by atoms with Crippen LogP contribution in [-0.4, -0.2) is 0 Å². The molecule has 1 nitrogen and oxygen atoms in total. The first-order valence-electron chi connectivity index (χ1n) is 12.2. The summed E-state index contributed by atoms with van der Waals surface area (Å²) in [6, 6.07) is 43.6. The summed E-state index contributed by atoms with van der Waals surface area (Å²) in [7, 11) is 0. The summed E-state index contributed by atoms with van der Waals surface area (Å²) in [5.74, 6) is 1.84. The zero-order valence-corrected chi connectivity index (χ0v) is 20.2. The average Bonchev–Trinajstić information content (AvgIpc) is 3.32. The lowest BCUT2D eigenvalue weighted by molar-refractivity contribution is 0.487. The van der Waals surface area contributed by atoms with Crippen LogP contribution in [0.5, 0.6) is 11.5 Å². The summed E-state index contributed by atoms with van der Waals surface area (Å²) >= 11 is 1.88. The zero-order chi connectivity index (χ0) is 23.6. The number of rotatable bonds is 2. The van der Waals surface area contributed by atoms with E-state index in [1.54, 1.807) is 0 Å². The maximum Gasteiger partial charge on any atom is 0.135 e. The third-order valence-corrected chi connectivity index (χ3v) is 8.49. The van der Waals surface area contributed by atoms with E-state index in [0.717, 1.165) is 17.1 Å². The predicted octanol–water partition coefficient (Wildman–Crippen LogP) is 10.3. The predicted molar refractivity (Wildman–Crippen MR) is 153 cm³/mol. The van der Waals surface area contributed by atoms with Crippen molar-refractivity contribution in [3.05, 3.63) is 121 Å². The van der Waals surface area contributed by atoms with Crippen LogP contribution in [0.3, 0.4) is 0 Å². The summed E-state index contributed by atoms with van der Waals surface area (Å²) in [5.41, 5.74) is 7.39. The van der Waals surface area contributed by atoms with Crippen molar-refractivity contribution in [2.45, 2.75) is 0 Å². The number of hydrogen-bond acceptors (Lipinski definition) is 2. The fraction of sp³-hybridized carbons (Fsp3) is 0. The maximum absolute atomic E-state index is 6.27.